The normalized spacial score (nSPS) is 10.2. The highest BCUT2D eigenvalue weighted by atomic mass is 16.5. The van der Waals surface area contributed by atoms with Crippen LogP contribution in [0.3, 0.4) is 0 Å². The van der Waals surface area contributed by atoms with Crippen LogP contribution >= 0.6 is 0 Å². The molecule has 2 N–H and O–H groups in total. The van der Waals surface area contributed by atoms with Crippen molar-refractivity contribution in [2.75, 3.05) is 19.0 Å². The van der Waals surface area contributed by atoms with E-state index < -0.39 is 0 Å². The van der Waals surface area contributed by atoms with E-state index in [0.29, 0.717) is 24.3 Å². The molecule has 0 aliphatic rings. The highest BCUT2D eigenvalue weighted by Crippen LogP contribution is 2.22. The van der Waals surface area contributed by atoms with Crippen molar-refractivity contribution in [2.45, 2.75) is 12.8 Å². The zero-order chi connectivity index (χ0) is 20.5. The van der Waals surface area contributed by atoms with Gasteiger partial charge in [0, 0.05) is 19.2 Å². The van der Waals surface area contributed by atoms with Gasteiger partial charge in [-0.1, -0.05) is 54.6 Å². The van der Waals surface area contributed by atoms with E-state index >= 15 is 0 Å². The predicted octanol–water partition coefficient (Wildman–Crippen LogP) is 4.05. The van der Waals surface area contributed by atoms with Crippen molar-refractivity contribution >= 4 is 17.5 Å². The van der Waals surface area contributed by atoms with Crippen molar-refractivity contribution in [1.82, 2.24) is 5.32 Å². The van der Waals surface area contributed by atoms with Gasteiger partial charge in [-0.3, -0.25) is 9.59 Å². The molecule has 0 atom stereocenters. The zero-order valence-electron chi connectivity index (χ0n) is 16.4. The number of benzene rings is 3. The smallest absolute Gasteiger partial charge is 0.262 e. The first-order valence-electron chi connectivity index (χ1n) is 9.52. The van der Waals surface area contributed by atoms with Crippen LogP contribution in [-0.2, 0) is 16.0 Å². The molecule has 29 heavy (non-hydrogen) atoms. The van der Waals surface area contributed by atoms with E-state index in [1.54, 1.807) is 7.05 Å². The molecule has 0 saturated heterocycles. The van der Waals surface area contributed by atoms with Crippen LogP contribution in [0.5, 0.6) is 5.75 Å². The van der Waals surface area contributed by atoms with E-state index in [4.69, 9.17) is 4.74 Å². The second-order valence-corrected chi connectivity index (χ2v) is 6.60. The summed E-state index contributed by atoms with van der Waals surface area (Å²) in [6, 6.07) is 25.2. The Labute approximate surface area is 170 Å². The van der Waals surface area contributed by atoms with Crippen LogP contribution in [0.25, 0.3) is 11.1 Å². The molecule has 5 nitrogen and oxygen atoms in total. The minimum Gasteiger partial charge on any atom is -0.484 e. The van der Waals surface area contributed by atoms with Gasteiger partial charge in [0.05, 0.1) is 0 Å². The maximum Gasteiger partial charge on any atom is 0.262 e. The number of ether oxygens (including phenoxy) is 1. The van der Waals surface area contributed by atoms with Gasteiger partial charge in [-0.05, 0) is 47.4 Å². The van der Waals surface area contributed by atoms with E-state index in [-0.39, 0.29) is 18.4 Å². The molecule has 3 rings (SSSR count). The summed E-state index contributed by atoms with van der Waals surface area (Å²) >= 11 is 0. The Hall–Kier alpha value is -3.60. The zero-order valence-corrected chi connectivity index (χ0v) is 16.4. The molecule has 0 radical (unpaired) electrons. The summed E-state index contributed by atoms with van der Waals surface area (Å²) in [5, 5.41) is 5.41. The van der Waals surface area contributed by atoms with Crippen molar-refractivity contribution in [3.05, 3.63) is 84.4 Å². The summed E-state index contributed by atoms with van der Waals surface area (Å²) in [6.45, 7) is -0.0664. The topological polar surface area (TPSA) is 67.4 Å². The summed E-state index contributed by atoms with van der Waals surface area (Å²) < 4.78 is 5.58. The van der Waals surface area contributed by atoms with Crippen LogP contribution < -0.4 is 15.4 Å². The number of aryl methyl sites for hydroxylation is 1. The van der Waals surface area contributed by atoms with Gasteiger partial charge < -0.3 is 15.4 Å². The molecule has 0 fully saturated rings. The lowest BCUT2D eigenvalue weighted by molar-refractivity contribution is -0.120. The highest BCUT2D eigenvalue weighted by Gasteiger charge is 2.05. The molecule has 0 heterocycles. The molecule has 3 aromatic rings. The Kier molecular flexibility index (Phi) is 7.00. The summed E-state index contributed by atoms with van der Waals surface area (Å²) in [4.78, 5) is 23.4. The van der Waals surface area contributed by atoms with E-state index in [1.165, 1.54) is 0 Å². The largest absolute Gasteiger partial charge is 0.484 e. The Morgan fingerprint density at radius 2 is 1.45 bits per heavy atom. The molecule has 2 amide bonds. The van der Waals surface area contributed by atoms with Gasteiger partial charge in [0.25, 0.3) is 5.91 Å². The monoisotopic (exact) mass is 388 g/mol. The molecular formula is C24H24N2O3. The fraction of sp³-hybridized carbons (Fsp3) is 0.167. The molecule has 0 spiro atoms. The molecule has 5 heteroatoms. The maximum atomic E-state index is 12.1. The quantitative estimate of drug-likeness (QED) is 0.612. The van der Waals surface area contributed by atoms with Crippen LogP contribution in [0, 0.1) is 0 Å². The number of carbonyl (C=O) groups excluding carboxylic acids is 2. The number of hydrogen-bond acceptors (Lipinski definition) is 3. The van der Waals surface area contributed by atoms with Crippen LogP contribution in [0.1, 0.15) is 12.0 Å². The summed E-state index contributed by atoms with van der Waals surface area (Å²) in [5.41, 5.74) is 3.97. The SMILES string of the molecule is CNC(=O)CCc1ccc(NC(=O)COc2ccc(-c3ccccc3)cc2)cc1. The standard InChI is InChI=1S/C24H24N2O3/c1-25-23(27)16-9-18-7-12-21(13-8-18)26-24(28)17-29-22-14-10-20(11-15-22)19-5-3-2-4-6-19/h2-8,10-15H,9,16-17H2,1H3,(H,25,27)(H,26,28). The first-order chi connectivity index (χ1) is 14.1. The Morgan fingerprint density at radius 3 is 2.10 bits per heavy atom. The molecule has 0 aliphatic heterocycles. The van der Waals surface area contributed by atoms with Gasteiger partial charge in [-0.25, -0.2) is 0 Å². The summed E-state index contributed by atoms with van der Waals surface area (Å²) in [5.74, 6) is 0.427. The Morgan fingerprint density at radius 1 is 0.793 bits per heavy atom. The lowest BCUT2D eigenvalue weighted by Crippen LogP contribution is -2.20. The lowest BCUT2D eigenvalue weighted by atomic mass is 10.1. The van der Waals surface area contributed by atoms with Gasteiger partial charge >= 0.3 is 0 Å². The van der Waals surface area contributed by atoms with Crippen LogP contribution in [0.15, 0.2) is 78.9 Å². The fourth-order valence-electron chi connectivity index (χ4n) is 2.86. The molecular weight excluding hydrogens is 364 g/mol. The lowest BCUT2D eigenvalue weighted by Gasteiger charge is -2.09. The number of hydrogen-bond donors (Lipinski definition) is 2. The second-order valence-electron chi connectivity index (χ2n) is 6.60. The first-order valence-corrected chi connectivity index (χ1v) is 9.52. The van der Waals surface area contributed by atoms with E-state index in [1.807, 2.05) is 78.9 Å². The van der Waals surface area contributed by atoms with Gasteiger partial charge in [0.1, 0.15) is 5.75 Å². The average molecular weight is 388 g/mol. The van der Waals surface area contributed by atoms with Crippen molar-refractivity contribution in [2.24, 2.45) is 0 Å². The number of carbonyl (C=O) groups is 2. The van der Waals surface area contributed by atoms with Gasteiger partial charge in [-0.15, -0.1) is 0 Å². The predicted molar refractivity (Wildman–Crippen MR) is 115 cm³/mol. The minimum atomic E-state index is -0.227. The molecule has 148 valence electrons. The van der Waals surface area contributed by atoms with Gasteiger partial charge in [0.2, 0.25) is 5.91 Å². The van der Waals surface area contributed by atoms with Crippen LogP contribution in [-0.4, -0.2) is 25.5 Å². The van der Waals surface area contributed by atoms with Gasteiger partial charge in [0.15, 0.2) is 6.61 Å². The van der Waals surface area contributed by atoms with E-state index in [9.17, 15) is 9.59 Å². The third-order valence-corrected chi connectivity index (χ3v) is 4.49. The van der Waals surface area contributed by atoms with E-state index in [2.05, 4.69) is 10.6 Å². The average Bonchev–Trinajstić information content (AvgIpc) is 2.78. The van der Waals surface area contributed by atoms with Crippen molar-refractivity contribution in [1.29, 1.82) is 0 Å². The highest BCUT2D eigenvalue weighted by molar-refractivity contribution is 5.91. The number of anilines is 1. The van der Waals surface area contributed by atoms with Crippen LogP contribution in [0.4, 0.5) is 5.69 Å². The number of amides is 2. The van der Waals surface area contributed by atoms with Crippen molar-refractivity contribution in [3.8, 4) is 16.9 Å². The fourth-order valence-corrected chi connectivity index (χ4v) is 2.86. The summed E-state index contributed by atoms with van der Waals surface area (Å²) in [6.07, 6.45) is 1.11. The van der Waals surface area contributed by atoms with Crippen molar-refractivity contribution < 1.29 is 14.3 Å². The molecule has 0 aliphatic carbocycles. The maximum absolute atomic E-state index is 12.1. The van der Waals surface area contributed by atoms with Crippen molar-refractivity contribution in [3.63, 3.8) is 0 Å². The first kappa shape index (κ1) is 20.1. The second kappa shape index (κ2) is 10.1. The Bertz CT molecular complexity index is 936. The molecule has 0 bridgehead atoms. The third kappa shape index (κ3) is 6.21. The molecule has 3 aromatic carbocycles. The van der Waals surface area contributed by atoms with E-state index in [0.717, 1.165) is 16.7 Å². The van der Waals surface area contributed by atoms with Crippen LogP contribution in [0.2, 0.25) is 0 Å². The summed E-state index contributed by atoms with van der Waals surface area (Å²) in [7, 11) is 1.63. The Balaban J connectivity index is 1.46. The molecule has 0 saturated carbocycles. The number of nitrogens with one attached hydrogen (secondary N) is 2. The minimum absolute atomic E-state index is 0.0105. The molecule has 0 aromatic heterocycles. The third-order valence-electron chi connectivity index (χ3n) is 4.49. The number of rotatable bonds is 8. The van der Waals surface area contributed by atoms with Gasteiger partial charge in [-0.2, -0.15) is 0 Å². The molecule has 0 unspecified atom stereocenters.